The third-order valence-electron chi connectivity index (χ3n) is 4.89. The molecule has 3 rings (SSSR count). The molecule has 1 aliphatic heterocycles. The second-order valence-electron chi connectivity index (χ2n) is 6.62. The minimum atomic E-state index is -2.98. The summed E-state index contributed by atoms with van der Waals surface area (Å²) < 4.78 is 34.9. The molecule has 1 atom stereocenters. The van der Waals surface area contributed by atoms with Gasteiger partial charge in [-0.25, -0.2) is 0 Å². The largest absolute Gasteiger partial charge is 0.497 e. The predicted molar refractivity (Wildman–Crippen MR) is 102 cm³/mol. The number of halogens is 2. The lowest BCUT2D eigenvalue weighted by atomic mass is 10.0. The van der Waals surface area contributed by atoms with Crippen LogP contribution < -0.4 is 14.8 Å². The van der Waals surface area contributed by atoms with E-state index in [9.17, 15) is 13.6 Å². The average molecular weight is 390 g/mol. The lowest BCUT2D eigenvalue weighted by Crippen LogP contribution is -2.37. The lowest BCUT2D eigenvalue weighted by Gasteiger charge is -2.28. The third kappa shape index (κ3) is 4.98. The molecule has 2 aromatic carbocycles. The van der Waals surface area contributed by atoms with Crippen molar-refractivity contribution in [3.63, 3.8) is 0 Å². The standard InChI is InChI=1S/C21H24F2N2O3/c1-27-16-10-8-15(9-11-16)18(25-12-4-5-13-25)14-24-20(26)17-6-2-3-7-19(17)28-21(22)23/h2-3,6-11,18,21H,4-5,12-14H2,1H3,(H,24,26). The zero-order chi connectivity index (χ0) is 19.9. The molecule has 1 heterocycles. The maximum absolute atomic E-state index is 12.6. The Morgan fingerprint density at radius 1 is 1.11 bits per heavy atom. The molecule has 1 amide bonds. The Balaban J connectivity index is 1.73. The minimum Gasteiger partial charge on any atom is -0.497 e. The van der Waals surface area contributed by atoms with E-state index >= 15 is 0 Å². The number of methoxy groups -OCH3 is 1. The Morgan fingerprint density at radius 2 is 1.79 bits per heavy atom. The first-order chi connectivity index (χ1) is 13.6. The van der Waals surface area contributed by atoms with Crippen LogP contribution in [0.5, 0.6) is 11.5 Å². The summed E-state index contributed by atoms with van der Waals surface area (Å²) in [5.74, 6) is 0.206. The van der Waals surface area contributed by atoms with Crippen molar-refractivity contribution >= 4 is 5.91 Å². The van der Waals surface area contributed by atoms with Gasteiger partial charge in [0.15, 0.2) is 0 Å². The monoisotopic (exact) mass is 390 g/mol. The number of ether oxygens (including phenoxy) is 2. The number of benzene rings is 2. The van der Waals surface area contributed by atoms with Gasteiger partial charge in [-0.1, -0.05) is 24.3 Å². The van der Waals surface area contributed by atoms with Crippen LogP contribution in [0.25, 0.3) is 0 Å². The summed E-state index contributed by atoms with van der Waals surface area (Å²) in [6.07, 6.45) is 2.23. The molecule has 7 heteroatoms. The highest BCUT2D eigenvalue weighted by Crippen LogP contribution is 2.27. The summed E-state index contributed by atoms with van der Waals surface area (Å²) in [4.78, 5) is 14.9. The van der Waals surface area contributed by atoms with Gasteiger partial charge in [-0.3, -0.25) is 9.69 Å². The first-order valence-electron chi connectivity index (χ1n) is 9.28. The van der Waals surface area contributed by atoms with E-state index < -0.39 is 12.5 Å². The smallest absolute Gasteiger partial charge is 0.387 e. The second-order valence-corrected chi connectivity index (χ2v) is 6.62. The summed E-state index contributed by atoms with van der Waals surface area (Å²) >= 11 is 0. The molecule has 0 bridgehead atoms. The second kappa shape index (κ2) is 9.50. The van der Waals surface area contributed by atoms with E-state index in [2.05, 4.69) is 15.0 Å². The van der Waals surface area contributed by atoms with Crippen molar-refractivity contribution in [2.45, 2.75) is 25.5 Å². The molecule has 0 aliphatic carbocycles. The van der Waals surface area contributed by atoms with Crippen molar-refractivity contribution in [3.05, 3.63) is 59.7 Å². The Labute approximate surface area is 163 Å². The van der Waals surface area contributed by atoms with Crippen molar-refractivity contribution in [2.75, 3.05) is 26.7 Å². The van der Waals surface area contributed by atoms with E-state index in [1.165, 1.54) is 12.1 Å². The quantitative estimate of drug-likeness (QED) is 0.744. The van der Waals surface area contributed by atoms with Crippen molar-refractivity contribution in [1.82, 2.24) is 10.2 Å². The van der Waals surface area contributed by atoms with Crippen molar-refractivity contribution in [3.8, 4) is 11.5 Å². The van der Waals surface area contributed by atoms with Crippen LogP contribution in [0.1, 0.15) is 34.8 Å². The molecule has 0 aromatic heterocycles. The van der Waals surface area contributed by atoms with Crippen LogP contribution in [-0.2, 0) is 0 Å². The molecule has 1 aliphatic rings. The van der Waals surface area contributed by atoms with Crippen LogP contribution in [0.3, 0.4) is 0 Å². The molecular formula is C21H24F2N2O3. The number of likely N-dealkylation sites (tertiary alicyclic amines) is 1. The summed E-state index contributed by atoms with van der Waals surface area (Å²) in [7, 11) is 1.62. The average Bonchev–Trinajstić information content (AvgIpc) is 3.23. The van der Waals surface area contributed by atoms with E-state index in [0.29, 0.717) is 6.54 Å². The van der Waals surface area contributed by atoms with Crippen LogP contribution in [0, 0.1) is 0 Å². The summed E-state index contributed by atoms with van der Waals surface area (Å²) in [5, 5.41) is 2.88. The SMILES string of the molecule is COc1ccc(C(CNC(=O)c2ccccc2OC(F)F)N2CCCC2)cc1. The number of carbonyl (C=O) groups excluding carboxylic acids is 1. The number of nitrogens with zero attached hydrogens (tertiary/aromatic N) is 1. The predicted octanol–water partition coefficient (Wildman–Crippen LogP) is 3.86. The van der Waals surface area contributed by atoms with Gasteiger partial charge in [0.25, 0.3) is 5.91 Å². The minimum absolute atomic E-state index is 0.000496. The third-order valence-corrected chi connectivity index (χ3v) is 4.89. The number of alkyl halides is 2. The van der Waals surface area contributed by atoms with Crippen LogP contribution in [0.15, 0.2) is 48.5 Å². The zero-order valence-electron chi connectivity index (χ0n) is 15.7. The molecular weight excluding hydrogens is 366 g/mol. The Bertz CT molecular complexity index is 777. The number of nitrogens with one attached hydrogen (secondary N) is 1. The summed E-state index contributed by atoms with van der Waals surface area (Å²) in [6.45, 7) is -0.700. The van der Waals surface area contributed by atoms with Gasteiger partial charge in [0.2, 0.25) is 0 Å². The molecule has 1 saturated heterocycles. The number of para-hydroxylation sites is 1. The molecule has 0 saturated carbocycles. The van der Waals surface area contributed by atoms with Gasteiger partial charge < -0.3 is 14.8 Å². The molecule has 28 heavy (non-hydrogen) atoms. The number of carbonyl (C=O) groups is 1. The first-order valence-corrected chi connectivity index (χ1v) is 9.28. The Hall–Kier alpha value is -2.67. The Kier molecular flexibility index (Phi) is 6.81. The van der Waals surface area contributed by atoms with Crippen LogP contribution in [0.2, 0.25) is 0 Å². The lowest BCUT2D eigenvalue weighted by molar-refractivity contribution is -0.0501. The number of hydrogen-bond acceptors (Lipinski definition) is 4. The number of hydrogen-bond donors (Lipinski definition) is 1. The zero-order valence-corrected chi connectivity index (χ0v) is 15.7. The van der Waals surface area contributed by atoms with Gasteiger partial charge in [-0.05, 0) is 55.8 Å². The fraction of sp³-hybridized carbons (Fsp3) is 0.381. The van der Waals surface area contributed by atoms with E-state index in [-0.39, 0.29) is 17.4 Å². The summed E-state index contributed by atoms with van der Waals surface area (Å²) in [5.41, 5.74) is 1.16. The molecule has 150 valence electrons. The number of amides is 1. The highest BCUT2D eigenvalue weighted by atomic mass is 19.3. The molecule has 0 radical (unpaired) electrons. The molecule has 0 spiro atoms. The van der Waals surface area contributed by atoms with E-state index in [0.717, 1.165) is 37.2 Å². The first kappa shape index (κ1) is 20.1. The van der Waals surface area contributed by atoms with Gasteiger partial charge >= 0.3 is 6.61 Å². The molecule has 1 fully saturated rings. The van der Waals surface area contributed by atoms with Crippen molar-refractivity contribution in [2.24, 2.45) is 0 Å². The fourth-order valence-electron chi connectivity index (χ4n) is 3.47. The van der Waals surface area contributed by atoms with Gasteiger partial charge in [-0.2, -0.15) is 8.78 Å². The van der Waals surface area contributed by atoms with Crippen LogP contribution in [0.4, 0.5) is 8.78 Å². The van der Waals surface area contributed by atoms with E-state index in [4.69, 9.17) is 4.74 Å². The fourth-order valence-corrected chi connectivity index (χ4v) is 3.47. The topological polar surface area (TPSA) is 50.8 Å². The van der Waals surface area contributed by atoms with Crippen molar-refractivity contribution < 1.29 is 23.0 Å². The highest BCUT2D eigenvalue weighted by Gasteiger charge is 2.25. The van der Waals surface area contributed by atoms with E-state index in [1.807, 2.05) is 24.3 Å². The van der Waals surface area contributed by atoms with Gasteiger partial charge in [-0.15, -0.1) is 0 Å². The van der Waals surface area contributed by atoms with Crippen LogP contribution in [-0.4, -0.2) is 44.2 Å². The van der Waals surface area contributed by atoms with Gasteiger partial charge in [0.1, 0.15) is 11.5 Å². The van der Waals surface area contributed by atoms with Crippen LogP contribution >= 0.6 is 0 Å². The molecule has 1 unspecified atom stereocenters. The van der Waals surface area contributed by atoms with Crippen molar-refractivity contribution in [1.29, 1.82) is 0 Å². The van der Waals surface area contributed by atoms with Gasteiger partial charge in [0.05, 0.1) is 18.7 Å². The molecule has 2 aromatic rings. The number of rotatable bonds is 8. The maximum atomic E-state index is 12.6. The summed E-state index contributed by atoms with van der Waals surface area (Å²) in [6, 6.07) is 13.8. The molecule has 1 N–H and O–H groups in total. The van der Waals surface area contributed by atoms with Gasteiger partial charge in [0, 0.05) is 6.54 Å². The normalized spacial score (nSPS) is 15.4. The Morgan fingerprint density at radius 3 is 2.43 bits per heavy atom. The van der Waals surface area contributed by atoms with E-state index in [1.54, 1.807) is 19.2 Å². The molecule has 5 nitrogen and oxygen atoms in total. The highest BCUT2D eigenvalue weighted by molar-refractivity contribution is 5.96. The maximum Gasteiger partial charge on any atom is 0.387 e.